The average molecular weight is 247 g/mol. The molecule has 1 heterocycles. The summed E-state index contributed by atoms with van der Waals surface area (Å²) >= 11 is 0. The highest BCUT2D eigenvalue weighted by Gasteiger charge is 2.43. The van der Waals surface area contributed by atoms with Crippen molar-refractivity contribution < 1.29 is 18.3 Å². The Kier molecular flexibility index (Phi) is 2.96. The lowest BCUT2D eigenvalue weighted by atomic mass is 9.66. The van der Waals surface area contributed by atoms with Gasteiger partial charge in [-0.25, -0.2) is 12.7 Å². The van der Waals surface area contributed by atoms with Crippen molar-refractivity contribution in [2.75, 3.05) is 18.8 Å². The minimum atomic E-state index is -3.09. The Morgan fingerprint density at radius 1 is 1.31 bits per heavy atom. The lowest BCUT2D eigenvalue weighted by Gasteiger charge is -2.42. The maximum atomic E-state index is 11.6. The van der Waals surface area contributed by atoms with Crippen molar-refractivity contribution >= 4 is 16.0 Å². The third-order valence-electron chi connectivity index (χ3n) is 3.66. The second-order valence-electron chi connectivity index (χ2n) is 4.93. The van der Waals surface area contributed by atoms with E-state index in [1.165, 1.54) is 4.31 Å². The Morgan fingerprint density at radius 3 is 2.38 bits per heavy atom. The summed E-state index contributed by atoms with van der Waals surface area (Å²) in [5.74, 6) is -0.604. The Morgan fingerprint density at radius 2 is 2.00 bits per heavy atom. The molecule has 0 aromatic heterocycles. The standard InChI is InChI=1S/C10H17NO4S/c12-9(13)7-10(3-1-4-10)8-11-5-2-6-16(11,14)15/h1-8H2,(H,12,13). The first kappa shape index (κ1) is 11.9. The third-order valence-corrected chi connectivity index (χ3v) is 5.56. The smallest absolute Gasteiger partial charge is 0.303 e. The van der Waals surface area contributed by atoms with Crippen LogP contribution in [0.4, 0.5) is 0 Å². The molecule has 0 unspecified atom stereocenters. The summed E-state index contributed by atoms with van der Waals surface area (Å²) in [7, 11) is -3.09. The molecule has 2 aliphatic rings. The van der Waals surface area contributed by atoms with Crippen LogP contribution in [0.25, 0.3) is 0 Å². The molecule has 2 rings (SSSR count). The number of hydrogen-bond acceptors (Lipinski definition) is 3. The summed E-state index contributed by atoms with van der Waals surface area (Å²) in [4.78, 5) is 10.8. The predicted octanol–water partition coefficient (Wildman–Crippen LogP) is 0.667. The molecule has 0 aromatic rings. The summed E-state index contributed by atoms with van der Waals surface area (Å²) < 4.78 is 24.8. The van der Waals surface area contributed by atoms with E-state index in [-0.39, 0.29) is 17.6 Å². The molecule has 6 heteroatoms. The molecule has 1 aliphatic heterocycles. The molecule has 1 N–H and O–H groups in total. The topological polar surface area (TPSA) is 74.7 Å². The summed E-state index contributed by atoms with van der Waals surface area (Å²) in [6.45, 7) is 0.964. The van der Waals surface area contributed by atoms with Crippen LogP contribution in [-0.4, -0.2) is 42.6 Å². The maximum Gasteiger partial charge on any atom is 0.303 e. The van der Waals surface area contributed by atoms with Crippen molar-refractivity contribution in [3.05, 3.63) is 0 Å². The van der Waals surface area contributed by atoms with Gasteiger partial charge in [0.2, 0.25) is 10.0 Å². The minimum absolute atomic E-state index is 0.0962. The van der Waals surface area contributed by atoms with Gasteiger partial charge in [0.15, 0.2) is 0 Å². The number of sulfonamides is 1. The molecule has 2 fully saturated rings. The van der Waals surface area contributed by atoms with Crippen LogP contribution in [-0.2, 0) is 14.8 Å². The molecule has 0 amide bonds. The first-order valence-corrected chi connectivity index (χ1v) is 7.24. The number of rotatable bonds is 4. The zero-order valence-electron chi connectivity index (χ0n) is 9.18. The Hall–Kier alpha value is -0.620. The Balaban J connectivity index is 2.04. The van der Waals surface area contributed by atoms with E-state index in [1.807, 2.05) is 0 Å². The van der Waals surface area contributed by atoms with Crippen LogP contribution in [0.5, 0.6) is 0 Å². The van der Waals surface area contributed by atoms with E-state index in [0.29, 0.717) is 19.5 Å². The van der Waals surface area contributed by atoms with Gasteiger partial charge >= 0.3 is 5.97 Å². The molecule has 0 bridgehead atoms. The summed E-state index contributed by atoms with van der Waals surface area (Å²) in [5.41, 5.74) is -0.288. The van der Waals surface area contributed by atoms with Gasteiger partial charge in [-0.15, -0.1) is 0 Å². The molecule has 0 aromatic carbocycles. The van der Waals surface area contributed by atoms with E-state index in [9.17, 15) is 13.2 Å². The minimum Gasteiger partial charge on any atom is -0.481 e. The Labute approximate surface area is 95.5 Å². The third kappa shape index (κ3) is 2.22. The number of aliphatic carboxylic acids is 1. The highest BCUT2D eigenvalue weighted by atomic mass is 32.2. The van der Waals surface area contributed by atoms with Gasteiger partial charge in [-0.05, 0) is 24.7 Å². The van der Waals surface area contributed by atoms with Crippen LogP contribution >= 0.6 is 0 Å². The zero-order chi connectivity index (χ0) is 11.8. The summed E-state index contributed by atoms with van der Waals surface area (Å²) in [6.07, 6.45) is 3.46. The van der Waals surface area contributed by atoms with Crippen molar-refractivity contribution in [2.24, 2.45) is 5.41 Å². The number of hydrogen-bond donors (Lipinski definition) is 1. The number of carboxylic acids is 1. The zero-order valence-corrected chi connectivity index (χ0v) is 10.0. The highest BCUT2D eigenvalue weighted by molar-refractivity contribution is 7.89. The van der Waals surface area contributed by atoms with E-state index in [2.05, 4.69) is 0 Å². The van der Waals surface area contributed by atoms with E-state index >= 15 is 0 Å². The van der Waals surface area contributed by atoms with Crippen LogP contribution in [0, 0.1) is 5.41 Å². The molecule has 5 nitrogen and oxygen atoms in total. The highest BCUT2D eigenvalue weighted by Crippen LogP contribution is 2.45. The Bertz CT molecular complexity index is 386. The SMILES string of the molecule is O=C(O)CC1(CN2CCCS2(=O)=O)CCC1. The average Bonchev–Trinajstić information content (AvgIpc) is 2.41. The maximum absolute atomic E-state index is 11.6. The van der Waals surface area contributed by atoms with Crippen molar-refractivity contribution in [3.8, 4) is 0 Å². The lowest BCUT2D eigenvalue weighted by molar-refractivity contribution is -0.141. The second kappa shape index (κ2) is 4.00. The fraction of sp³-hybridized carbons (Fsp3) is 0.900. The normalized spacial score (nSPS) is 27.5. The molecule has 16 heavy (non-hydrogen) atoms. The fourth-order valence-corrected chi connectivity index (χ4v) is 4.26. The fourth-order valence-electron chi connectivity index (χ4n) is 2.63. The molecule has 1 saturated carbocycles. The van der Waals surface area contributed by atoms with Gasteiger partial charge in [0.25, 0.3) is 0 Å². The molecule has 1 aliphatic carbocycles. The van der Waals surface area contributed by atoms with E-state index < -0.39 is 16.0 Å². The van der Waals surface area contributed by atoms with Gasteiger partial charge in [0, 0.05) is 13.1 Å². The summed E-state index contributed by atoms with van der Waals surface area (Å²) in [5, 5.41) is 8.85. The van der Waals surface area contributed by atoms with Gasteiger partial charge in [0.1, 0.15) is 0 Å². The first-order valence-electron chi connectivity index (χ1n) is 5.63. The van der Waals surface area contributed by atoms with Gasteiger partial charge in [-0.3, -0.25) is 4.79 Å². The van der Waals surface area contributed by atoms with E-state index in [0.717, 1.165) is 19.3 Å². The monoisotopic (exact) mass is 247 g/mol. The van der Waals surface area contributed by atoms with Crippen LogP contribution in [0.2, 0.25) is 0 Å². The molecular weight excluding hydrogens is 230 g/mol. The van der Waals surface area contributed by atoms with Gasteiger partial charge in [-0.1, -0.05) is 6.42 Å². The number of nitrogens with zero attached hydrogens (tertiary/aromatic N) is 1. The molecule has 1 saturated heterocycles. The van der Waals surface area contributed by atoms with Crippen LogP contribution < -0.4 is 0 Å². The summed E-state index contributed by atoms with van der Waals surface area (Å²) in [6, 6.07) is 0. The van der Waals surface area contributed by atoms with Crippen LogP contribution in [0.1, 0.15) is 32.1 Å². The molecule has 92 valence electrons. The molecule has 0 atom stereocenters. The van der Waals surface area contributed by atoms with Gasteiger partial charge in [0.05, 0.1) is 12.2 Å². The first-order chi connectivity index (χ1) is 7.44. The number of carboxylic acid groups (broad SMARTS) is 1. The largest absolute Gasteiger partial charge is 0.481 e. The predicted molar refractivity (Wildman–Crippen MR) is 58.5 cm³/mol. The van der Waals surface area contributed by atoms with Crippen LogP contribution in [0.15, 0.2) is 0 Å². The molecule has 0 spiro atoms. The quantitative estimate of drug-likeness (QED) is 0.792. The van der Waals surface area contributed by atoms with Gasteiger partial charge < -0.3 is 5.11 Å². The van der Waals surface area contributed by atoms with Crippen molar-refractivity contribution in [2.45, 2.75) is 32.1 Å². The number of carbonyl (C=O) groups is 1. The molecule has 0 radical (unpaired) electrons. The van der Waals surface area contributed by atoms with E-state index in [4.69, 9.17) is 5.11 Å². The van der Waals surface area contributed by atoms with Crippen LogP contribution in [0.3, 0.4) is 0 Å². The van der Waals surface area contributed by atoms with E-state index in [1.54, 1.807) is 0 Å². The second-order valence-corrected chi connectivity index (χ2v) is 7.02. The van der Waals surface area contributed by atoms with Crippen molar-refractivity contribution in [3.63, 3.8) is 0 Å². The lowest BCUT2D eigenvalue weighted by Crippen LogP contribution is -2.44. The molecular formula is C10H17NO4S. The van der Waals surface area contributed by atoms with Gasteiger partial charge in [-0.2, -0.15) is 0 Å². The van der Waals surface area contributed by atoms with Crippen molar-refractivity contribution in [1.82, 2.24) is 4.31 Å². The van der Waals surface area contributed by atoms with Crippen molar-refractivity contribution in [1.29, 1.82) is 0 Å².